The second-order valence-corrected chi connectivity index (χ2v) is 4.18. The van der Waals surface area contributed by atoms with Gasteiger partial charge in [-0.2, -0.15) is 0 Å². The van der Waals surface area contributed by atoms with Gasteiger partial charge in [0.2, 0.25) is 0 Å². The Labute approximate surface area is 105 Å². The van der Waals surface area contributed by atoms with Crippen molar-refractivity contribution in [1.29, 1.82) is 0 Å². The van der Waals surface area contributed by atoms with E-state index < -0.39 is 0 Å². The molecule has 0 amide bonds. The van der Waals surface area contributed by atoms with Crippen LogP contribution in [0.15, 0.2) is 41.6 Å². The van der Waals surface area contributed by atoms with Crippen LogP contribution in [0.2, 0.25) is 0 Å². The van der Waals surface area contributed by atoms with Crippen LogP contribution in [0.1, 0.15) is 24.3 Å². The first-order valence-electron chi connectivity index (χ1n) is 5.65. The summed E-state index contributed by atoms with van der Waals surface area (Å²) >= 11 is 0. The third-order valence-electron chi connectivity index (χ3n) is 2.79. The number of carbonyl (C=O) groups excluding carboxylic acids is 1. The molecular formula is C13H15N3O2. The maximum Gasteiger partial charge on any atom is 0.318 e. The van der Waals surface area contributed by atoms with E-state index in [1.54, 1.807) is 12.1 Å². The summed E-state index contributed by atoms with van der Waals surface area (Å²) in [4.78, 5) is 15.6. The molecule has 5 nitrogen and oxygen atoms in total. The quantitative estimate of drug-likeness (QED) is 0.469. The molecule has 1 aliphatic rings. The van der Waals surface area contributed by atoms with Crippen LogP contribution < -0.4 is 11.5 Å². The molecule has 1 aliphatic heterocycles. The van der Waals surface area contributed by atoms with Gasteiger partial charge in [0.25, 0.3) is 0 Å². The summed E-state index contributed by atoms with van der Waals surface area (Å²) in [5.41, 5.74) is 12.1. The van der Waals surface area contributed by atoms with Gasteiger partial charge in [-0.3, -0.25) is 4.79 Å². The molecule has 18 heavy (non-hydrogen) atoms. The van der Waals surface area contributed by atoms with Crippen LogP contribution in [0.4, 0.5) is 5.69 Å². The number of rotatable bonds is 2. The molecule has 94 valence electrons. The fourth-order valence-corrected chi connectivity index (χ4v) is 1.92. The highest BCUT2D eigenvalue weighted by atomic mass is 16.5. The molecule has 1 aromatic carbocycles. The van der Waals surface area contributed by atoms with Gasteiger partial charge in [0.15, 0.2) is 5.96 Å². The van der Waals surface area contributed by atoms with E-state index in [1.807, 2.05) is 12.1 Å². The number of esters is 1. The fraction of sp³-hybridized carbons (Fsp3) is 0.231. The van der Waals surface area contributed by atoms with Crippen molar-refractivity contribution >= 4 is 17.6 Å². The number of aliphatic imine (C=N–C) groups is 1. The summed E-state index contributed by atoms with van der Waals surface area (Å²) in [7, 11) is 0. The van der Waals surface area contributed by atoms with E-state index >= 15 is 0 Å². The molecule has 0 bridgehead atoms. The van der Waals surface area contributed by atoms with Crippen LogP contribution in [-0.4, -0.2) is 11.9 Å². The van der Waals surface area contributed by atoms with Gasteiger partial charge in [-0.05, 0) is 24.1 Å². The van der Waals surface area contributed by atoms with Crippen molar-refractivity contribution in [3.8, 4) is 0 Å². The van der Waals surface area contributed by atoms with Crippen molar-refractivity contribution in [3.05, 3.63) is 42.2 Å². The highest BCUT2D eigenvalue weighted by Crippen LogP contribution is 2.31. The van der Waals surface area contributed by atoms with Crippen LogP contribution in [0.3, 0.4) is 0 Å². The summed E-state index contributed by atoms with van der Waals surface area (Å²) in [6.07, 6.45) is 1.42. The minimum atomic E-state index is -0.249. The van der Waals surface area contributed by atoms with E-state index in [0.29, 0.717) is 17.9 Å². The standard InChI is InChI=1S/C13H15N3O2/c1-8-2-7-11(12(17)18-8)9-3-5-10(6-4-9)16-13(14)15/h3-6,11H,1-2,7H2,(H4,14,15,16). The van der Waals surface area contributed by atoms with Gasteiger partial charge in [0.1, 0.15) is 5.76 Å². The van der Waals surface area contributed by atoms with Gasteiger partial charge < -0.3 is 16.2 Å². The molecule has 1 saturated heterocycles. The normalized spacial score (nSPS) is 19.2. The minimum Gasteiger partial charge on any atom is -0.431 e. The summed E-state index contributed by atoms with van der Waals surface area (Å²) in [6.45, 7) is 3.65. The summed E-state index contributed by atoms with van der Waals surface area (Å²) in [6, 6.07) is 7.21. The van der Waals surface area contributed by atoms with Crippen LogP contribution in [-0.2, 0) is 9.53 Å². The molecule has 0 radical (unpaired) electrons. The van der Waals surface area contributed by atoms with Crippen LogP contribution >= 0.6 is 0 Å². The smallest absolute Gasteiger partial charge is 0.318 e. The Bertz CT molecular complexity index is 501. The van der Waals surface area contributed by atoms with Crippen molar-refractivity contribution < 1.29 is 9.53 Å². The van der Waals surface area contributed by atoms with E-state index in [-0.39, 0.29) is 17.8 Å². The predicted octanol–water partition coefficient (Wildman–Crippen LogP) is 1.53. The van der Waals surface area contributed by atoms with Crippen LogP contribution in [0, 0.1) is 0 Å². The molecular weight excluding hydrogens is 230 g/mol. The van der Waals surface area contributed by atoms with Crippen molar-refractivity contribution in [2.75, 3.05) is 0 Å². The van der Waals surface area contributed by atoms with Crippen molar-refractivity contribution in [1.82, 2.24) is 0 Å². The topological polar surface area (TPSA) is 90.7 Å². The number of hydrogen-bond donors (Lipinski definition) is 2. The van der Waals surface area contributed by atoms with E-state index in [4.69, 9.17) is 16.2 Å². The van der Waals surface area contributed by atoms with E-state index in [0.717, 1.165) is 12.0 Å². The number of benzene rings is 1. The Morgan fingerprint density at radius 2 is 2.00 bits per heavy atom. The summed E-state index contributed by atoms with van der Waals surface area (Å²) in [5, 5.41) is 0. The van der Waals surface area contributed by atoms with E-state index in [1.165, 1.54) is 0 Å². The van der Waals surface area contributed by atoms with Gasteiger partial charge in [0.05, 0.1) is 11.6 Å². The highest BCUT2D eigenvalue weighted by Gasteiger charge is 2.27. The first-order valence-corrected chi connectivity index (χ1v) is 5.65. The molecule has 1 aromatic rings. The zero-order valence-electron chi connectivity index (χ0n) is 9.93. The van der Waals surface area contributed by atoms with Crippen molar-refractivity contribution in [3.63, 3.8) is 0 Å². The van der Waals surface area contributed by atoms with Gasteiger partial charge in [-0.25, -0.2) is 4.99 Å². The first-order chi connectivity index (χ1) is 8.56. The lowest BCUT2D eigenvalue weighted by Gasteiger charge is -2.22. The monoisotopic (exact) mass is 245 g/mol. The van der Waals surface area contributed by atoms with Gasteiger partial charge in [0, 0.05) is 6.42 Å². The number of carbonyl (C=O) groups is 1. The average Bonchev–Trinajstić information content (AvgIpc) is 2.30. The largest absolute Gasteiger partial charge is 0.431 e. The molecule has 0 aliphatic carbocycles. The maximum absolute atomic E-state index is 11.7. The fourth-order valence-electron chi connectivity index (χ4n) is 1.92. The number of cyclic esters (lactones) is 1. The van der Waals surface area contributed by atoms with E-state index in [2.05, 4.69) is 11.6 Å². The third kappa shape index (κ3) is 2.68. The summed E-state index contributed by atoms with van der Waals surface area (Å²) in [5.74, 6) is 0.0640. The Hall–Kier alpha value is -2.30. The number of hydrogen-bond acceptors (Lipinski definition) is 3. The molecule has 0 saturated carbocycles. The molecule has 4 N–H and O–H groups in total. The summed E-state index contributed by atoms with van der Waals surface area (Å²) < 4.78 is 5.05. The maximum atomic E-state index is 11.7. The average molecular weight is 245 g/mol. The molecule has 2 rings (SSSR count). The lowest BCUT2D eigenvalue weighted by molar-refractivity contribution is -0.143. The first kappa shape index (κ1) is 12.2. The minimum absolute atomic E-state index is 0.0103. The van der Waals surface area contributed by atoms with Gasteiger partial charge in [-0.1, -0.05) is 18.7 Å². The lowest BCUT2D eigenvalue weighted by Crippen LogP contribution is -2.22. The molecule has 1 fully saturated rings. The zero-order valence-corrected chi connectivity index (χ0v) is 9.93. The number of nitrogens with zero attached hydrogens (tertiary/aromatic N) is 1. The number of guanidine groups is 1. The number of allylic oxidation sites excluding steroid dienone is 1. The predicted molar refractivity (Wildman–Crippen MR) is 69.1 cm³/mol. The number of nitrogens with two attached hydrogens (primary N) is 2. The lowest BCUT2D eigenvalue weighted by atomic mass is 9.92. The Morgan fingerprint density at radius 3 is 2.56 bits per heavy atom. The highest BCUT2D eigenvalue weighted by molar-refractivity contribution is 5.81. The van der Waals surface area contributed by atoms with Gasteiger partial charge in [-0.15, -0.1) is 0 Å². The van der Waals surface area contributed by atoms with Crippen molar-refractivity contribution in [2.45, 2.75) is 18.8 Å². The molecule has 0 aromatic heterocycles. The Balaban J connectivity index is 2.17. The second-order valence-electron chi connectivity index (χ2n) is 4.18. The van der Waals surface area contributed by atoms with Crippen molar-refractivity contribution in [2.24, 2.45) is 16.5 Å². The zero-order chi connectivity index (χ0) is 13.1. The SMILES string of the molecule is C=C1CCC(c2ccc(N=C(N)N)cc2)C(=O)O1. The van der Waals surface area contributed by atoms with Gasteiger partial charge >= 0.3 is 5.97 Å². The van der Waals surface area contributed by atoms with Crippen LogP contribution in [0.5, 0.6) is 0 Å². The molecule has 0 spiro atoms. The molecule has 5 heteroatoms. The van der Waals surface area contributed by atoms with Crippen LogP contribution in [0.25, 0.3) is 0 Å². The Kier molecular flexibility index (Phi) is 3.32. The van der Waals surface area contributed by atoms with E-state index in [9.17, 15) is 4.79 Å². The third-order valence-corrected chi connectivity index (χ3v) is 2.79. The molecule has 1 atom stereocenters. The Morgan fingerprint density at radius 1 is 1.33 bits per heavy atom. The second kappa shape index (κ2) is 4.91. The molecule has 1 heterocycles. The molecule has 1 unspecified atom stereocenters. The number of ether oxygens (including phenoxy) is 1.